The third-order valence-corrected chi connectivity index (χ3v) is 4.68. The predicted octanol–water partition coefficient (Wildman–Crippen LogP) is 3.24. The SMILES string of the molecule is N#CCOc1ccc(NC(=O)[C@H]2Cc3ccccc3S2)cc1. The number of hydrogen-bond donors (Lipinski definition) is 1. The molecule has 1 aliphatic heterocycles. The van der Waals surface area contributed by atoms with Gasteiger partial charge in [0.15, 0.2) is 6.61 Å². The van der Waals surface area contributed by atoms with Crippen molar-refractivity contribution in [3.8, 4) is 11.8 Å². The van der Waals surface area contributed by atoms with E-state index in [4.69, 9.17) is 10.00 Å². The molecular formula is C17H14N2O2S. The first-order valence-corrected chi connectivity index (χ1v) is 7.79. The monoisotopic (exact) mass is 310 g/mol. The van der Waals surface area contributed by atoms with E-state index in [9.17, 15) is 4.79 Å². The molecule has 22 heavy (non-hydrogen) atoms. The minimum absolute atomic E-state index is 0.00638. The standard InChI is InChI=1S/C17H14N2O2S/c18-9-10-21-14-7-5-13(6-8-14)19-17(20)16-11-12-3-1-2-4-15(12)22-16/h1-8,16H,10-11H2,(H,19,20)/t16-/m1/s1. The van der Waals surface area contributed by atoms with E-state index in [1.807, 2.05) is 18.2 Å². The van der Waals surface area contributed by atoms with Crippen molar-refractivity contribution in [2.24, 2.45) is 0 Å². The van der Waals surface area contributed by atoms with Crippen LogP contribution in [-0.4, -0.2) is 17.8 Å². The molecule has 0 saturated heterocycles. The summed E-state index contributed by atoms with van der Waals surface area (Å²) in [7, 11) is 0. The normalized spacial score (nSPS) is 15.7. The molecule has 5 heteroatoms. The fourth-order valence-corrected chi connectivity index (χ4v) is 3.50. The number of nitriles is 1. The summed E-state index contributed by atoms with van der Waals surface area (Å²) in [5, 5.41) is 11.3. The molecule has 0 spiro atoms. The highest BCUT2D eigenvalue weighted by Crippen LogP contribution is 2.37. The van der Waals surface area contributed by atoms with Crippen molar-refractivity contribution in [1.29, 1.82) is 5.26 Å². The molecule has 1 heterocycles. The highest BCUT2D eigenvalue weighted by molar-refractivity contribution is 8.01. The van der Waals surface area contributed by atoms with E-state index >= 15 is 0 Å². The zero-order chi connectivity index (χ0) is 15.4. The number of nitrogens with zero attached hydrogens (tertiary/aromatic N) is 1. The third kappa shape index (κ3) is 3.23. The summed E-state index contributed by atoms with van der Waals surface area (Å²) in [5.74, 6) is 0.620. The van der Waals surface area contributed by atoms with Gasteiger partial charge >= 0.3 is 0 Å². The number of benzene rings is 2. The molecule has 0 saturated carbocycles. The summed E-state index contributed by atoms with van der Waals surface area (Å²) in [5.41, 5.74) is 1.96. The third-order valence-electron chi connectivity index (χ3n) is 3.36. The largest absolute Gasteiger partial charge is 0.479 e. The number of hydrogen-bond acceptors (Lipinski definition) is 4. The number of ether oxygens (including phenoxy) is 1. The van der Waals surface area contributed by atoms with Crippen LogP contribution in [0.4, 0.5) is 5.69 Å². The smallest absolute Gasteiger partial charge is 0.238 e. The van der Waals surface area contributed by atoms with Gasteiger partial charge in [-0.2, -0.15) is 5.26 Å². The molecule has 1 N–H and O–H groups in total. The number of carbonyl (C=O) groups is 1. The molecule has 0 bridgehead atoms. The van der Waals surface area contributed by atoms with Crippen LogP contribution in [0.15, 0.2) is 53.4 Å². The van der Waals surface area contributed by atoms with Crippen LogP contribution in [0.3, 0.4) is 0 Å². The van der Waals surface area contributed by atoms with Gasteiger partial charge in [-0.05, 0) is 42.3 Å². The van der Waals surface area contributed by atoms with Crippen molar-refractivity contribution in [3.63, 3.8) is 0 Å². The van der Waals surface area contributed by atoms with Crippen LogP contribution in [0.5, 0.6) is 5.75 Å². The van der Waals surface area contributed by atoms with Gasteiger partial charge in [-0.25, -0.2) is 0 Å². The minimum atomic E-state index is -0.0908. The van der Waals surface area contributed by atoms with Crippen LogP contribution in [-0.2, 0) is 11.2 Å². The molecule has 0 unspecified atom stereocenters. The Bertz CT molecular complexity index is 697. The molecular weight excluding hydrogens is 296 g/mol. The summed E-state index contributed by atoms with van der Waals surface area (Å²) >= 11 is 1.60. The maximum Gasteiger partial charge on any atom is 0.238 e. The molecule has 1 amide bonds. The summed E-state index contributed by atoms with van der Waals surface area (Å²) in [6.45, 7) is 0.0165. The number of anilines is 1. The molecule has 4 nitrogen and oxygen atoms in total. The molecule has 1 aliphatic rings. The van der Waals surface area contributed by atoms with Gasteiger partial charge in [-0.15, -0.1) is 11.8 Å². The van der Waals surface area contributed by atoms with Gasteiger partial charge in [0.25, 0.3) is 0 Å². The summed E-state index contributed by atoms with van der Waals surface area (Å²) in [6, 6.07) is 17.1. The van der Waals surface area contributed by atoms with Gasteiger partial charge in [-0.1, -0.05) is 18.2 Å². The van der Waals surface area contributed by atoms with Gasteiger partial charge in [0.05, 0.1) is 5.25 Å². The molecule has 2 aromatic carbocycles. The Kier molecular flexibility index (Phi) is 4.31. The van der Waals surface area contributed by atoms with Gasteiger partial charge < -0.3 is 10.1 Å². The highest BCUT2D eigenvalue weighted by Gasteiger charge is 2.27. The van der Waals surface area contributed by atoms with Gasteiger partial charge in [0, 0.05) is 10.6 Å². The quantitative estimate of drug-likeness (QED) is 0.941. The van der Waals surface area contributed by atoms with Crippen molar-refractivity contribution in [1.82, 2.24) is 0 Å². The zero-order valence-electron chi connectivity index (χ0n) is 11.8. The summed E-state index contributed by atoms with van der Waals surface area (Å²) in [4.78, 5) is 13.5. The van der Waals surface area contributed by atoms with Crippen LogP contribution in [0.25, 0.3) is 0 Å². The maximum atomic E-state index is 12.3. The van der Waals surface area contributed by atoms with E-state index in [2.05, 4.69) is 17.4 Å². The average molecular weight is 310 g/mol. The van der Waals surface area contributed by atoms with Crippen LogP contribution in [0.1, 0.15) is 5.56 Å². The lowest BCUT2D eigenvalue weighted by Crippen LogP contribution is -2.24. The minimum Gasteiger partial charge on any atom is -0.479 e. The van der Waals surface area contributed by atoms with Crippen LogP contribution >= 0.6 is 11.8 Å². The van der Waals surface area contributed by atoms with E-state index in [-0.39, 0.29) is 17.8 Å². The number of thioether (sulfide) groups is 1. The van der Waals surface area contributed by atoms with Gasteiger partial charge in [0.2, 0.25) is 5.91 Å². The molecule has 1 atom stereocenters. The fourth-order valence-electron chi connectivity index (χ4n) is 2.30. The number of fused-ring (bicyclic) bond motifs is 1. The number of rotatable bonds is 4. The molecule has 0 aromatic heterocycles. The average Bonchev–Trinajstić information content (AvgIpc) is 2.98. The molecule has 3 rings (SSSR count). The summed E-state index contributed by atoms with van der Waals surface area (Å²) < 4.78 is 5.18. The predicted molar refractivity (Wildman–Crippen MR) is 86.0 cm³/mol. The van der Waals surface area contributed by atoms with Crippen LogP contribution in [0.2, 0.25) is 0 Å². The second kappa shape index (κ2) is 6.54. The Hall–Kier alpha value is -2.45. The topological polar surface area (TPSA) is 62.1 Å². The van der Waals surface area contributed by atoms with E-state index < -0.39 is 0 Å². The van der Waals surface area contributed by atoms with Crippen LogP contribution < -0.4 is 10.1 Å². The summed E-state index contributed by atoms with van der Waals surface area (Å²) in [6.07, 6.45) is 0.760. The Balaban J connectivity index is 1.60. The molecule has 0 radical (unpaired) electrons. The van der Waals surface area contributed by atoms with Crippen LogP contribution in [0, 0.1) is 11.3 Å². The number of nitrogens with one attached hydrogen (secondary N) is 1. The van der Waals surface area contributed by atoms with E-state index in [0.29, 0.717) is 5.75 Å². The van der Waals surface area contributed by atoms with Gasteiger partial charge in [0.1, 0.15) is 11.8 Å². The Morgan fingerprint density at radius 1 is 1.27 bits per heavy atom. The number of carbonyl (C=O) groups excluding carboxylic acids is 1. The molecule has 2 aromatic rings. The zero-order valence-corrected chi connectivity index (χ0v) is 12.6. The van der Waals surface area contributed by atoms with Gasteiger partial charge in [-0.3, -0.25) is 4.79 Å². The molecule has 0 aliphatic carbocycles. The highest BCUT2D eigenvalue weighted by atomic mass is 32.2. The second-order valence-corrected chi connectivity index (χ2v) is 6.12. The molecule has 110 valence electrons. The van der Waals surface area contributed by atoms with E-state index in [1.54, 1.807) is 36.0 Å². The first kappa shape index (κ1) is 14.5. The number of amides is 1. The first-order valence-electron chi connectivity index (χ1n) is 6.91. The lowest BCUT2D eigenvalue weighted by molar-refractivity contribution is -0.115. The maximum absolute atomic E-state index is 12.3. The van der Waals surface area contributed by atoms with Crippen molar-refractivity contribution in [2.45, 2.75) is 16.6 Å². The van der Waals surface area contributed by atoms with Crippen molar-refractivity contribution in [3.05, 3.63) is 54.1 Å². The fraction of sp³-hybridized carbons (Fsp3) is 0.176. The lowest BCUT2D eigenvalue weighted by atomic mass is 10.1. The lowest BCUT2D eigenvalue weighted by Gasteiger charge is -2.10. The van der Waals surface area contributed by atoms with Crippen molar-refractivity contribution < 1.29 is 9.53 Å². The molecule has 0 fully saturated rings. The Morgan fingerprint density at radius 3 is 2.77 bits per heavy atom. The Labute approximate surface area is 133 Å². The first-order chi connectivity index (χ1) is 10.8. The van der Waals surface area contributed by atoms with Crippen molar-refractivity contribution in [2.75, 3.05) is 11.9 Å². The van der Waals surface area contributed by atoms with Crippen molar-refractivity contribution >= 4 is 23.4 Å². The van der Waals surface area contributed by atoms with E-state index in [1.165, 1.54) is 10.5 Å². The second-order valence-electron chi connectivity index (χ2n) is 4.88. The van der Waals surface area contributed by atoms with E-state index in [0.717, 1.165) is 12.1 Å². The Morgan fingerprint density at radius 2 is 2.05 bits per heavy atom.